The Morgan fingerprint density at radius 1 is 1.04 bits per heavy atom. The summed E-state index contributed by atoms with van der Waals surface area (Å²) in [6.07, 6.45) is 0.951. The van der Waals surface area contributed by atoms with Crippen LogP contribution in [0.25, 0.3) is 0 Å². The van der Waals surface area contributed by atoms with Gasteiger partial charge in [-0.2, -0.15) is 0 Å². The average molecular weight is 354 g/mol. The smallest absolute Gasteiger partial charge is 0.224 e. The van der Waals surface area contributed by atoms with Crippen molar-refractivity contribution in [3.05, 3.63) is 52.5 Å². The maximum atomic E-state index is 11.9. The monoisotopic (exact) mass is 353 g/mol. The number of amides is 1. The summed E-state index contributed by atoms with van der Waals surface area (Å²) in [6, 6.07) is 12.2. The van der Waals surface area contributed by atoms with Crippen LogP contribution in [-0.4, -0.2) is 19.6 Å². The van der Waals surface area contributed by atoms with E-state index in [1.54, 1.807) is 25.3 Å². The van der Waals surface area contributed by atoms with Gasteiger partial charge in [0.1, 0.15) is 11.5 Å². The van der Waals surface area contributed by atoms with Crippen molar-refractivity contribution in [2.45, 2.75) is 12.8 Å². The van der Waals surface area contributed by atoms with Gasteiger partial charge in [-0.25, -0.2) is 0 Å². The third kappa shape index (κ3) is 6.00. The molecule has 0 aliphatic heterocycles. The molecule has 2 aromatic carbocycles. The molecule has 0 aliphatic carbocycles. The van der Waals surface area contributed by atoms with Gasteiger partial charge < -0.3 is 14.8 Å². The lowest BCUT2D eigenvalue weighted by Crippen LogP contribution is -2.12. The minimum absolute atomic E-state index is 0.110. The minimum atomic E-state index is -0.110. The number of hydrogen-bond acceptors (Lipinski definition) is 3. The van der Waals surface area contributed by atoms with Gasteiger partial charge >= 0.3 is 0 Å². The van der Waals surface area contributed by atoms with E-state index in [9.17, 15) is 4.79 Å². The molecule has 4 nitrogen and oxygen atoms in total. The van der Waals surface area contributed by atoms with E-state index < -0.39 is 0 Å². The van der Waals surface area contributed by atoms with E-state index in [0.717, 1.165) is 11.5 Å². The average Bonchev–Trinajstić information content (AvgIpc) is 2.51. The summed E-state index contributed by atoms with van der Waals surface area (Å²) < 4.78 is 10.6. The second kappa shape index (κ2) is 8.65. The Bertz CT molecular complexity index is 639. The van der Waals surface area contributed by atoms with Gasteiger partial charge in [0.05, 0.1) is 13.7 Å². The number of ether oxygens (including phenoxy) is 2. The van der Waals surface area contributed by atoms with Crippen LogP contribution in [0.5, 0.6) is 11.5 Å². The van der Waals surface area contributed by atoms with E-state index in [1.807, 2.05) is 24.3 Å². The van der Waals surface area contributed by atoms with Crippen molar-refractivity contribution >= 4 is 34.8 Å². The van der Waals surface area contributed by atoms with Crippen LogP contribution >= 0.6 is 23.2 Å². The molecule has 1 amide bonds. The Morgan fingerprint density at radius 2 is 1.65 bits per heavy atom. The predicted octanol–water partition coefficient (Wildman–Crippen LogP) is 4.80. The molecule has 0 aliphatic rings. The number of anilines is 1. The first kappa shape index (κ1) is 17.4. The van der Waals surface area contributed by atoms with Crippen LogP contribution in [0.15, 0.2) is 42.5 Å². The Labute approximate surface area is 145 Å². The van der Waals surface area contributed by atoms with Crippen LogP contribution in [0, 0.1) is 0 Å². The molecule has 0 atom stereocenters. The quantitative estimate of drug-likeness (QED) is 0.727. The summed E-state index contributed by atoms with van der Waals surface area (Å²) >= 11 is 11.8. The molecule has 23 heavy (non-hydrogen) atoms. The maximum absolute atomic E-state index is 11.9. The van der Waals surface area contributed by atoms with Crippen LogP contribution in [-0.2, 0) is 4.79 Å². The van der Waals surface area contributed by atoms with Crippen molar-refractivity contribution in [3.63, 3.8) is 0 Å². The molecular weight excluding hydrogens is 337 g/mol. The highest BCUT2D eigenvalue weighted by atomic mass is 35.5. The van der Waals surface area contributed by atoms with E-state index in [0.29, 0.717) is 35.2 Å². The molecule has 0 bridgehead atoms. The lowest BCUT2D eigenvalue weighted by atomic mass is 10.2. The summed E-state index contributed by atoms with van der Waals surface area (Å²) in [5, 5.41) is 3.72. The molecule has 0 spiro atoms. The van der Waals surface area contributed by atoms with Gasteiger partial charge in [0, 0.05) is 22.2 Å². The summed E-state index contributed by atoms with van der Waals surface area (Å²) in [6.45, 7) is 0.454. The number of nitrogens with one attached hydrogen (secondary N) is 1. The highest BCUT2D eigenvalue weighted by molar-refractivity contribution is 6.35. The van der Waals surface area contributed by atoms with Crippen LogP contribution in [0.2, 0.25) is 10.0 Å². The second-order valence-corrected chi connectivity index (χ2v) is 5.71. The Balaban J connectivity index is 1.71. The molecule has 0 unspecified atom stereocenters. The number of hydrogen-bond donors (Lipinski definition) is 1. The van der Waals surface area contributed by atoms with Crippen LogP contribution in [0.4, 0.5) is 5.69 Å². The number of carbonyl (C=O) groups excluding carboxylic acids is 1. The summed E-state index contributed by atoms with van der Waals surface area (Å²) in [4.78, 5) is 11.9. The molecule has 0 saturated heterocycles. The fourth-order valence-corrected chi connectivity index (χ4v) is 2.47. The first-order chi connectivity index (χ1) is 11.1. The number of rotatable bonds is 7. The lowest BCUT2D eigenvalue weighted by molar-refractivity contribution is -0.116. The lowest BCUT2D eigenvalue weighted by Gasteiger charge is -2.08. The fraction of sp³-hybridized carbons (Fsp3) is 0.235. The van der Waals surface area contributed by atoms with E-state index in [-0.39, 0.29) is 5.91 Å². The van der Waals surface area contributed by atoms with E-state index >= 15 is 0 Å². The Hall–Kier alpha value is -1.91. The molecule has 0 aromatic heterocycles. The SMILES string of the molecule is COc1ccc(OCCCC(=O)Nc2cc(Cl)cc(Cl)c2)cc1. The fourth-order valence-electron chi connectivity index (χ4n) is 1.94. The van der Waals surface area contributed by atoms with Gasteiger partial charge in [0.15, 0.2) is 0 Å². The Kier molecular flexibility index (Phi) is 6.56. The molecule has 2 rings (SSSR count). The van der Waals surface area contributed by atoms with Gasteiger partial charge in [-0.05, 0) is 48.9 Å². The number of benzene rings is 2. The highest BCUT2D eigenvalue weighted by Crippen LogP contribution is 2.22. The molecule has 0 saturated carbocycles. The third-order valence-corrected chi connectivity index (χ3v) is 3.46. The minimum Gasteiger partial charge on any atom is -0.497 e. The third-order valence-electron chi connectivity index (χ3n) is 3.02. The van der Waals surface area contributed by atoms with Crippen LogP contribution in [0.3, 0.4) is 0 Å². The molecule has 0 heterocycles. The molecule has 0 fully saturated rings. The number of carbonyl (C=O) groups is 1. The van der Waals surface area contributed by atoms with E-state index in [1.165, 1.54) is 0 Å². The zero-order valence-corrected chi connectivity index (χ0v) is 14.2. The van der Waals surface area contributed by atoms with E-state index in [2.05, 4.69) is 5.32 Å². The molecule has 1 N–H and O–H groups in total. The van der Waals surface area contributed by atoms with Crippen molar-refractivity contribution < 1.29 is 14.3 Å². The summed E-state index contributed by atoms with van der Waals surface area (Å²) in [5.74, 6) is 1.41. The largest absolute Gasteiger partial charge is 0.497 e. The Morgan fingerprint density at radius 3 is 2.26 bits per heavy atom. The standard InChI is InChI=1S/C17H17Cl2NO3/c1-22-15-4-6-16(7-5-15)23-8-2-3-17(21)20-14-10-12(18)9-13(19)11-14/h4-7,9-11H,2-3,8H2,1H3,(H,20,21). The van der Waals surface area contributed by atoms with Crippen molar-refractivity contribution in [1.29, 1.82) is 0 Å². The normalized spacial score (nSPS) is 10.2. The topological polar surface area (TPSA) is 47.6 Å². The van der Waals surface area contributed by atoms with Gasteiger partial charge in [0.2, 0.25) is 5.91 Å². The predicted molar refractivity (Wildman–Crippen MR) is 92.8 cm³/mol. The van der Waals surface area contributed by atoms with Crippen molar-refractivity contribution in [3.8, 4) is 11.5 Å². The van der Waals surface area contributed by atoms with Gasteiger partial charge in [-0.15, -0.1) is 0 Å². The number of halogens is 2. The first-order valence-corrected chi connectivity index (χ1v) is 7.85. The maximum Gasteiger partial charge on any atom is 0.224 e. The summed E-state index contributed by atoms with van der Waals surface area (Å²) in [5.41, 5.74) is 0.587. The molecule has 2 aromatic rings. The molecule has 6 heteroatoms. The van der Waals surface area contributed by atoms with Crippen molar-refractivity contribution in [2.24, 2.45) is 0 Å². The molecule has 122 valence electrons. The zero-order chi connectivity index (χ0) is 16.7. The van der Waals surface area contributed by atoms with Gasteiger partial charge in [-0.3, -0.25) is 4.79 Å². The second-order valence-electron chi connectivity index (χ2n) is 4.83. The first-order valence-electron chi connectivity index (χ1n) is 7.09. The zero-order valence-electron chi connectivity index (χ0n) is 12.6. The molecular formula is C17H17Cl2NO3. The summed E-state index contributed by atoms with van der Waals surface area (Å²) in [7, 11) is 1.61. The van der Waals surface area contributed by atoms with E-state index in [4.69, 9.17) is 32.7 Å². The van der Waals surface area contributed by atoms with Crippen LogP contribution in [0.1, 0.15) is 12.8 Å². The van der Waals surface area contributed by atoms with Gasteiger partial charge in [0.25, 0.3) is 0 Å². The molecule has 0 radical (unpaired) electrons. The van der Waals surface area contributed by atoms with Crippen LogP contribution < -0.4 is 14.8 Å². The highest BCUT2D eigenvalue weighted by Gasteiger charge is 2.05. The van der Waals surface area contributed by atoms with Crippen molar-refractivity contribution in [1.82, 2.24) is 0 Å². The van der Waals surface area contributed by atoms with Crippen molar-refractivity contribution in [2.75, 3.05) is 19.0 Å². The number of methoxy groups -OCH3 is 1. The van der Waals surface area contributed by atoms with Gasteiger partial charge in [-0.1, -0.05) is 23.2 Å².